The van der Waals surface area contributed by atoms with Gasteiger partial charge in [-0.3, -0.25) is 9.69 Å². The molecule has 0 aliphatic carbocycles. The van der Waals surface area contributed by atoms with E-state index in [1.54, 1.807) is 6.07 Å². The molecule has 3 rings (SSSR count). The van der Waals surface area contributed by atoms with E-state index in [4.69, 9.17) is 5.11 Å². The zero-order valence-corrected chi connectivity index (χ0v) is 15.9. The third-order valence-electron chi connectivity index (χ3n) is 4.39. The molecule has 0 atom stereocenters. The van der Waals surface area contributed by atoms with Crippen molar-refractivity contribution in [3.05, 3.63) is 52.9 Å². The molecule has 2 aromatic rings. The summed E-state index contributed by atoms with van der Waals surface area (Å²) in [6, 6.07) is 13.2. The molecule has 0 saturated carbocycles. The molecule has 1 aromatic carbocycles. The van der Waals surface area contributed by atoms with Crippen LogP contribution in [0.15, 0.2) is 46.7 Å². The van der Waals surface area contributed by atoms with Gasteiger partial charge in [0.05, 0.1) is 6.42 Å². The highest BCUT2D eigenvalue weighted by atomic mass is 32.2. The van der Waals surface area contributed by atoms with Crippen LogP contribution >= 0.6 is 11.3 Å². The number of likely N-dealkylation sites (tertiary alicyclic amines) is 1. The summed E-state index contributed by atoms with van der Waals surface area (Å²) in [5.41, 5.74) is 1.26. The first-order valence-corrected chi connectivity index (χ1v) is 10.8. The fourth-order valence-corrected chi connectivity index (χ4v) is 5.74. The molecule has 1 aliphatic rings. The van der Waals surface area contributed by atoms with E-state index in [2.05, 4.69) is 21.8 Å². The van der Waals surface area contributed by atoms with E-state index in [1.807, 2.05) is 18.2 Å². The summed E-state index contributed by atoms with van der Waals surface area (Å²) in [6.45, 7) is 2.57. The molecular weight excluding hydrogens is 372 g/mol. The molecule has 0 radical (unpaired) electrons. The molecule has 0 amide bonds. The van der Waals surface area contributed by atoms with Crippen molar-refractivity contribution in [2.75, 3.05) is 13.1 Å². The van der Waals surface area contributed by atoms with Gasteiger partial charge in [-0.05, 0) is 30.5 Å². The first-order chi connectivity index (χ1) is 12.4. The molecule has 0 spiro atoms. The fraction of sp³-hybridized carbons (Fsp3) is 0.389. The average molecular weight is 395 g/mol. The first-order valence-electron chi connectivity index (χ1n) is 8.51. The monoisotopic (exact) mass is 394 g/mol. The van der Waals surface area contributed by atoms with Gasteiger partial charge in [-0.2, -0.15) is 0 Å². The van der Waals surface area contributed by atoms with E-state index < -0.39 is 16.0 Å². The minimum absolute atomic E-state index is 0.0861. The molecule has 1 fully saturated rings. The third kappa shape index (κ3) is 5.14. The lowest BCUT2D eigenvalue weighted by Crippen LogP contribution is -2.44. The molecule has 8 heteroatoms. The maximum absolute atomic E-state index is 12.5. The molecule has 26 heavy (non-hydrogen) atoms. The number of carboxylic acids is 1. The number of nitrogens with one attached hydrogen (secondary N) is 1. The Morgan fingerprint density at radius 2 is 1.85 bits per heavy atom. The molecule has 140 valence electrons. The number of hydrogen-bond donors (Lipinski definition) is 2. The Labute approximate surface area is 157 Å². The van der Waals surface area contributed by atoms with Crippen LogP contribution in [0, 0.1) is 0 Å². The van der Waals surface area contributed by atoms with Crippen molar-refractivity contribution in [1.82, 2.24) is 9.62 Å². The van der Waals surface area contributed by atoms with Crippen molar-refractivity contribution < 1.29 is 18.3 Å². The lowest BCUT2D eigenvalue weighted by Gasteiger charge is -2.32. The predicted octanol–water partition coefficient (Wildman–Crippen LogP) is 2.32. The van der Waals surface area contributed by atoms with Gasteiger partial charge >= 0.3 is 5.97 Å². The van der Waals surface area contributed by atoms with Crippen LogP contribution in [0.4, 0.5) is 0 Å². The number of carboxylic acid groups (broad SMARTS) is 1. The zero-order chi connectivity index (χ0) is 18.6. The van der Waals surface area contributed by atoms with Crippen LogP contribution in [0.2, 0.25) is 0 Å². The van der Waals surface area contributed by atoms with Gasteiger partial charge in [0.25, 0.3) is 0 Å². The van der Waals surface area contributed by atoms with E-state index in [0.29, 0.717) is 4.88 Å². The summed E-state index contributed by atoms with van der Waals surface area (Å²) in [5.74, 6) is -0.963. The van der Waals surface area contributed by atoms with Crippen LogP contribution in [-0.2, 0) is 27.8 Å². The Balaban J connectivity index is 1.53. The Hall–Kier alpha value is -1.74. The van der Waals surface area contributed by atoms with Gasteiger partial charge in [-0.1, -0.05) is 30.3 Å². The van der Waals surface area contributed by atoms with Crippen molar-refractivity contribution in [3.63, 3.8) is 0 Å². The molecule has 0 unspecified atom stereocenters. The smallest absolute Gasteiger partial charge is 0.308 e. The molecule has 0 bridgehead atoms. The number of hydrogen-bond acceptors (Lipinski definition) is 5. The molecule has 2 N–H and O–H groups in total. The van der Waals surface area contributed by atoms with Gasteiger partial charge in [0.1, 0.15) is 4.21 Å². The van der Waals surface area contributed by atoms with Crippen LogP contribution < -0.4 is 4.72 Å². The number of nitrogens with zero attached hydrogens (tertiary/aromatic N) is 1. The van der Waals surface area contributed by atoms with Gasteiger partial charge in [-0.25, -0.2) is 13.1 Å². The quantitative estimate of drug-likeness (QED) is 0.753. The summed E-state index contributed by atoms with van der Waals surface area (Å²) >= 11 is 1.02. The first kappa shape index (κ1) is 19.0. The van der Waals surface area contributed by atoms with Gasteiger partial charge in [0.15, 0.2) is 0 Å². The molecular formula is C18H22N2O4S2. The molecule has 1 saturated heterocycles. The number of benzene rings is 1. The van der Waals surface area contributed by atoms with Crippen LogP contribution in [0.5, 0.6) is 0 Å². The van der Waals surface area contributed by atoms with E-state index in [-0.39, 0.29) is 16.7 Å². The van der Waals surface area contributed by atoms with Crippen LogP contribution in [0.1, 0.15) is 23.3 Å². The van der Waals surface area contributed by atoms with Gasteiger partial charge in [0.2, 0.25) is 10.0 Å². The van der Waals surface area contributed by atoms with Gasteiger partial charge in [0, 0.05) is 30.6 Å². The largest absolute Gasteiger partial charge is 0.481 e. The highest BCUT2D eigenvalue weighted by Crippen LogP contribution is 2.23. The third-order valence-corrected chi connectivity index (χ3v) is 7.48. The van der Waals surface area contributed by atoms with Crippen molar-refractivity contribution in [1.29, 1.82) is 0 Å². The van der Waals surface area contributed by atoms with Crippen LogP contribution in [0.25, 0.3) is 0 Å². The fourth-order valence-electron chi connectivity index (χ4n) is 3.07. The number of piperidine rings is 1. The number of aliphatic carboxylic acids is 1. The predicted molar refractivity (Wildman–Crippen MR) is 101 cm³/mol. The molecule has 6 nitrogen and oxygen atoms in total. The minimum Gasteiger partial charge on any atom is -0.481 e. The minimum atomic E-state index is -3.59. The second-order valence-electron chi connectivity index (χ2n) is 6.45. The standard InChI is InChI=1S/C18H22N2O4S2/c21-17(22)12-16-6-7-18(25-16)26(23,24)19-15-8-10-20(11-9-15)13-14-4-2-1-3-5-14/h1-7,15,19H,8-13H2,(H,21,22). The topological polar surface area (TPSA) is 86.7 Å². The van der Waals surface area contributed by atoms with E-state index in [9.17, 15) is 13.2 Å². The summed E-state index contributed by atoms with van der Waals surface area (Å²) < 4.78 is 28.0. The highest BCUT2D eigenvalue weighted by Gasteiger charge is 2.25. The number of sulfonamides is 1. The number of thiophene rings is 1. The number of rotatable bonds is 7. The Kier molecular flexibility index (Phi) is 6.08. The van der Waals surface area contributed by atoms with Crippen molar-refractivity contribution >= 4 is 27.3 Å². The summed E-state index contributed by atoms with van der Waals surface area (Å²) in [4.78, 5) is 13.6. The van der Waals surface area contributed by atoms with E-state index in [0.717, 1.165) is 43.8 Å². The Morgan fingerprint density at radius 1 is 1.15 bits per heavy atom. The average Bonchev–Trinajstić information content (AvgIpc) is 3.06. The summed E-state index contributed by atoms with van der Waals surface area (Å²) in [6.07, 6.45) is 1.37. The molecule has 1 aromatic heterocycles. The SMILES string of the molecule is O=C(O)Cc1ccc(S(=O)(=O)NC2CCN(Cc3ccccc3)CC2)s1. The highest BCUT2D eigenvalue weighted by molar-refractivity contribution is 7.91. The zero-order valence-electron chi connectivity index (χ0n) is 14.3. The van der Waals surface area contributed by atoms with Crippen molar-refractivity contribution in [2.45, 2.75) is 36.1 Å². The summed E-state index contributed by atoms with van der Waals surface area (Å²) in [7, 11) is -3.59. The Morgan fingerprint density at radius 3 is 2.50 bits per heavy atom. The normalized spacial score (nSPS) is 16.6. The lowest BCUT2D eigenvalue weighted by atomic mass is 10.1. The summed E-state index contributed by atoms with van der Waals surface area (Å²) in [5, 5.41) is 8.81. The molecule has 1 aliphatic heterocycles. The van der Waals surface area contributed by atoms with Crippen LogP contribution in [0.3, 0.4) is 0 Å². The number of carbonyl (C=O) groups is 1. The van der Waals surface area contributed by atoms with Gasteiger partial charge in [-0.15, -0.1) is 11.3 Å². The molecule has 2 heterocycles. The lowest BCUT2D eigenvalue weighted by molar-refractivity contribution is -0.136. The second kappa shape index (κ2) is 8.30. The van der Waals surface area contributed by atoms with Crippen molar-refractivity contribution in [2.24, 2.45) is 0 Å². The second-order valence-corrected chi connectivity index (χ2v) is 9.56. The van der Waals surface area contributed by atoms with E-state index in [1.165, 1.54) is 11.6 Å². The van der Waals surface area contributed by atoms with Crippen molar-refractivity contribution in [3.8, 4) is 0 Å². The van der Waals surface area contributed by atoms with Gasteiger partial charge < -0.3 is 5.11 Å². The maximum atomic E-state index is 12.5. The van der Waals surface area contributed by atoms with E-state index >= 15 is 0 Å². The Bertz CT molecular complexity index is 841. The maximum Gasteiger partial charge on any atom is 0.308 e. The van der Waals surface area contributed by atoms with Crippen LogP contribution in [-0.4, -0.2) is 43.5 Å².